The van der Waals surface area contributed by atoms with E-state index in [1.54, 1.807) is 0 Å². The van der Waals surface area contributed by atoms with Gasteiger partial charge in [0.2, 0.25) is 0 Å². The quantitative estimate of drug-likeness (QED) is 0.786. The highest BCUT2D eigenvalue weighted by molar-refractivity contribution is 5.69. The van der Waals surface area contributed by atoms with E-state index < -0.39 is 0 Å². The molecule has 0 fully saturated rings. The van der Waals surface area contributed by atoms with Gasteiger partial charge in [-0.3, -0.25) is 0 Å². The molecule has 104 valence electrons. The third-order valence-corrected chi connectivity index (χ3v) is 4.07. The second-order valence-electron chi connectivity index (χ2n) is 5.43. The van der Waals surface area contributed by atoms with Crippen molar-refractivity contribution in [1.82, 2.24) is 0 Å². The van der Waals surface area contributed by atoms with Crippen molar-refractivity contribution in [1.29, 1.82) is 0 Å². The van der Waals surface area contributed by atoms with Crippen LogP contribution in [0.4, 0.5) is 0 Å². The lowest BCUT2D eigenvalue weighted by Crippen LogP contribution is -1.92. The predicted octanol–water partition coefficient (Wildman–Crippen LogP) is 2.84. The van der Waals surface area contributed by atoms with Crippen LogP contribution in [0.3, 0.4) is 0 Å². The molecule has 0 aliphatic heterocycles. The Morgan fingerprint density at radius 2 is 1.95 bits per heavy atom. The van der Waals surface area contributed by atoms with Crippen molar-refractivity contribution in [2.75, 3.05) is 0 Å². The number of aliphatic hydroxyl groups excluding tert-OH is 2. The molecule has 1 aliphatic carbocycles. The number of phenols is 1. The Hall–Kier alpha value is -1.84. The zero-order valence-electron chi connectivity index (χ0n) is 11.4. The molecule has 1 atom stereocenters. The third-order valence-electron chi connectivity index (χ3n) is 4.07. The lowest BCUT2D eigenvalue weighted by molar-refractivity contribution is 0.180. The molecule has 0 saturated heterocycles. The third kappa shape index (κ3) is 2.09. The van der Waals surface area contributed by atoms with Crippen molar-refractivity contribution in [3.05, 3.63) is 52.6 Å². The van der Waals surface area contributed by atoms with E-state index in [0.29, 0.717) is 5.56 Å². The first-order valence-electron chi connectivity index (χ1n) is 6.84. The van der Waals surface area contributed by atoms with E-state index in [4.69, 9.17) is 0 Å². The Labute approximate surface area is 118 Å². The molecular weight excluding hydrogens is 252 g/mol. The summed E-state index contributed by atoms with van der Waals surface area (Å²) in [6.45, 7) is 1.65. The van der Waals surface area contributed by atoms with Crippen molar-refractivity contribution < 1.29 is 15.3 Å². The maximum atomic E-state index is 9.87. The standard InChI is InChI=1S/C17H18O3/c1-10-6-13(8-14(9-18)17(10)20)11-2-4-15-12(7-11)3-5-16(15)19/h2,4,6-8,16,18-20H,3,5,9H2,1H3/t16-/m0/s1. The molecule has 0 bridgehead atoms. The van der Waals surface area contributed by atoms with Crippen molar-refractivity contribution in [3.63, 3.8) is 0 Å². The van der Waals surface area contributed by atoms with Gasteiger partial charge in [0.15, 0.2) is 0 Å². The Kier molecular flexibility index (Phi) is 3.24. The molecule has 0 amide bonds. The molecule has 0 spiro atoms. The van der Waals surface area contributed by atoms with Gasteiger partial charge in [0.05, 0.1) is 12.7 Å². The number of rotatable bonds is 2. The largest absolute Gasteiger partial charge is 0.507 e. The molecule has 1 aliphatic rings. The van der Waals surface area contributed by atoms with Gasteiger partial charge in [0.25, 0.3) is 0 Å². The van der Waals surface area contributed by atoms with Crippen LogP contribution in [-0.4, -0.2) is 15.3 Å². The first-order chi connectivity index (χ1) is 9.60. The molecule has 2 aromatic carbocycles. The molecular formula is C17H18O3. The summed E-state index contributed by atoms with van der Waals surface area (Å²) < 4.78 is 0. The number of hydrogen-bond acceptors (Lipinski definition) is 3. The summed E-state index contributed by atoms with van der Waals surface area (Å²) >= 11 is 0. The van der Waals surface area contributed by atoms with E-state index >= 15 is 0 Å². The van der Waals surface area contributed by atoms with E-state index in [-0.39, 0.29) is 18.5 Å². The summed E-state index contributed by atoms with van der Waals surface area (Å²) in [5, 5.41) is 29.0. The monoisotopic (exact) mass is 270 g/mol. The maximum Gasteiger partial charge on any atom is 0.124 e. The second kappa shape index (κ2) is 4.93. The van der Waals surface area contributed by atoms with Crippen LogP contribution in [0.1, 0.15) is 34.8 Å². The minimum atomic E-state index is -0.339. The lowest BCUT2D eigenvalue weighted by atomic mass is 9.96. The first-order valence-corrected chi connectivity index (χ1v) is 6.84. The highest BCUT2D eigenvalue weighted by atomic mass is 16.3. The minimum Gasteiger partial charge on any atom is -0.507 e. The van der Waals surface area contributed by atoms with Gasteiger partial charge in [0.1, 0.15) is 5.75 Å². The Balaban J connectivity index is 2.08. The molecule has 0 unspecified atom stereocenters. The van der Waals surface area contributed by atoms with E-state index in [0.717, 1.165) is 35.1 Å². The van der Waals surface area contributed by atoms with Gasteiger partial charge in [-0.15, -0.1) is 0 Å². The van der Waals surface area contributed by atoms with Crippen molar-refractivity contribution >= 4 is 0 Å². The van der Waals surface area contributed by atoms with Gasteiger partial charge in [-0.05, 0) is 59.7 Å². The van der Waals surface area contributed by atoms with Crippen LogP contribution in [0.5, 0.6) is 5.75 Å². The number of aryl methyl sites for hydroxylation is 2. The van der Waals surface area contributed by atoms with E-state index in [2.05, 4.69) is 6.07 Å². The molecule has 20 heavy (non-hydrogen) atoms. The van der Waals surface area contributed by atoms with Gasteiger partial charge in [-0.2, -0.15) is 0 Å². The van der Waals surface area contributed by atoms with Crippen LogP contribution in [0.15, 0.2) is 30.3 Å². The Morgan fingerprint density at radius 1 is 1.15 bits per heavy atom. The maximum absolute atomic E-state index is 9.87. The smallest absolute Gasteiger partial charge is 0.124 e. The highest BCUT2D eigenvalue weighted by Gasteiger charge is 2.20. The Bertz CT molecular complexity index is 662. The molecule has 0 aromatic heterocycles. The fourth-order valence-electron chi connectivity index (χ4n) is 2.91. The molecule has 3 rings (SSSR count). The Morgan fingerprint density at radius 3 is 2.70 bits per heavy atom. The van der Waals surface area contributed by atoms with Gasteiger partial charge >= 0.3 is 0 Å². The van der Waals surface area contributed by atoms with Crippen LogP contribution in [0.25, 0.3) is 11.1 Å². The summed E-state index contributed by atoms with van der Waals surface area (Å²) in [5.74, 6) is 0.160. The summed E-state index contributed by atoms with van der Waals surface area (Å²) in [5.41, 5.74) is 5.54. The number of fused-ring (bicyclic) bond motifs is 1. The summed E-state index contributed by atoms with van der Waals surface area (Å²) in [4.78, 5) is 0. The molecule has 2 aromatic rings. The van der Waals surface area contributed by atoms with E-state index in [1.165, 1.54) is 5.56 Å². The van der Waals surface area contributed by atoms with Crippen LogP contribution in [-0.2, 0) is 13.0 Å². The first kappa shape index (κ1) is 13.2. The number of hydrogen-bond donors (Lipinski definition) is 3. The topological polar surface area (TPSA) is 60.7 Å². The highest BCUT2D eigenvalue weighted by Crippen LogP contribution is 2.35. The lowest BCUT2D eigenvalue weighted by Gasteiger charge is -2.11. The average Bonchev–Trinajstić information content (AvgIpc) is 2.83. The van der Waals surface area contributed by atoms with Gasteiger partial charge < -0.3 is 15.3 Å². The zero-order chi connectivity index (χ0) is 14.3. The minimum absolute atomic E-state index is 0.160. The van der Waals surface area contributed by atoms with Gasteiger partial charge in [0, 0.05) is 5.56 Å². The van der Waals surface area contributed by atoms with Crippen LogP contribution in [0.2, 0.25) is 0 Å². The van der Waals surface area contributed by atoms with Crippen molar-refractivity contribution in [3.8, 4) is 16.9 Å². The normalized spacial score (nSPS) is 17.2. The fraction of sp³-hybridized carbons (Fsp3) is 0.294. The predicted molar refractivity (Wildman–Crippen MR) is 77.5 cm³/mol. The fourth-order valence-corrected chi connectivity index (χ4v) is 2.91. The second-order valence-corrected chi connectivity index (χ2v) is 5.43. The SMILES string of the molecule is Cc1cc(-c2ccc3c(c2)CC[C@@H]3O)cc(CO)c1O. The van der Waals surface area contributed by atoms with E-state index in [9.17, 15) is 15.3 Å². The molecule has 3 heteroatoms. The summed E-state index contributed by atoms with van der Waals surface area (Å²) in [6, 6.07) is 9.79. The molecule has 0 heterocycles. The van der Waals surface area contributed by atoms with Crippen molar-refractivity contribution in [2.45, 2.75) is 32.5 Å². The van der Waals surface area contributed by atoms with Crippen LogP contribution >= 0.6 is 0 Å². The van der Waals surface area contributed by atoms with E-state index in [1.807, 2.05) is 31.2 Å². The van der Waals surface area contributed by atoms with Crippen LogP contribution < -0.4 is 0 Å². The summed E-state index contributed by atoms with van der Waals surface area (Å²) in [6.07, 6.45) is 1.34. The van der Waals surface area contributed by atoms with Gasteiger partial charge in [-0.25, -0.2) is 0 Å². The molecule has 0 saturated carbocycles. The molecule has 3 N–H and O–H groups in total. The van der Waals surface area contributed by atoms with Crippen molar-refractivity contribution in [2.24, 2.45) is 0 Å². The molecule has 3 nitrogen and oxygen atoms in total. The van der Waals surface area contributed by atoms with Crippen LogP contribution in [0, 0.1) is 6.92 Å². The van der Waals surface area contributed by atoms with Gasteiger partial charge in [-0.1, -0.05) is 18.2 Å². The average molecular weight is 270 g/mol. The zero-order valence-corrected chi connectivity index (χ0v) is 11.4. The molecule has 0 radical (unpaired) electrons. The number of benzene rings is 2. The summed E-state index contributed by atoms with van der Waals surface area (Å²) in [7, 11) is 0. The number of aliphatic hydroxyl groups is 2. The number of aromatic hydroxyl groups is 1.